The fourth-order valence-corrected chi connectivity index (χ4v) is 1.29. The van der Waals surface area contributed by atoms with Gasteiger partial charge in [0.2, 0.25) is 0 Å². The predicted octanol–water partition coefficient (Wildman–Crippen LogP) is 4.44. The second-order valence-electron chi connectivity index (χ2n) is 2.18. The monoisotopic (exact) mass is 241 g/mol. The van der Waals surface area contributed by atoms with Crippen molar-refractivity contribution in [2.24, 2.45) is 0 Å². The molecule has 0 spiro atoms. The minimum absolute atomic E-state index is 0.551. The fourth-order valence-electron chi connectivity index (χ4n) is 0.765. The fraction of sp³-hybridized carbons (Fsp3) is 0.250. The molecule has 1 radical (unpaired) electrons. The Labute approximate surface area is 91.4 Å². The molecule has 0 aliphatic rings. The molecule has 0 atom stereocenters. The third kappa shape index (κ3) is 2.70. The molecule has 0 bridgehead atoms. The van der Waals surface area contributed by atoms with Crippen molar-refractivity contribution in [1.29, 1.82) is 0 Å². The average Bonchev–Trinajstić information content (AvgIpc) is 2.04. The minimum atomic E-state index is -0.586. The van der Waals surface area contributed by atoms with Crippen molar-refractivity contribution in [2.45, 2.75) is 9.67 Å². The van der Waals surface area contributed by atoms with E-state index in [-0.39, 0.29) is 0 Å². The van der Waals surface area contributed by atoms with Gasteiger partial charge in [-0.2, -0.15) is 0 Å². The first kappa shape index (κ1) is 10.5. The zero-order chi connectivity index (χ0) is 9.14. The molecule has 0 amide bonds. The Kier molecular flexibility index (Phi) is 3.98. The Morgan fingerprint density at radius 1 is 1.08 bits per heavy atom. The lowest BCUT2D eigenvalue weighted by Crippen LogP contribution is -1.86. The first-order valence-corrected chi connectivity index (χ1v) is 4.93. The predicted molar refractivity (Wildman–Crippen MR) is 54.2 cm³/mol. The molecule has 65 valence electrons. The van der Waals surface area contributed by atoms with Gasteiger partial charge in [0.05, 0.1) is 0 Å². The Balaban J connectivity index is 2.96. The molecule has 0 aliphatic carbocycles. The van der Waals surface area contributed by atoms with Crippen LogP contribution in [0.3, 0.4) is 0 Å². The van der Waals surface area contributed by atoms with Gasteiger partial charge in [0.15, 0.2) is 0 Å². The summed E-state index contributed by atoms with van der Waals surface area (Å²) in [6.45, 7) is 0. The molecule has 12 heavy (non-hydrogen) atoms. The van der Waals surface area contributed by atoms with Crippen molar-refractivity contribution in [3.63, 3.8) is 0 Å². The largest absolute Gasteiger partial charge is 0.133 e. The van der Waals surface area contributed by atoms with E-state index in [1.165, 1.54) is 0 Å². The van der Waals surface area contributed by atoms with Crippen LogP contribution in [0.15, 0.2) is 18.2 Å². The SMILES string of the molecule is ClC(Cl)c1[c]ccc(C(Cl)Cl)c1. The lowest BCUT2D eigenvalue weighted by molar-refractivity contribution is 1.26. The van der Waals surface area contributed by atoms with Gasteiger partial charge < -0.3 is 0 Å². The van der Waals surface area contributed by atoms with Crippen molar-refractivity contribution in [3.8, 4) is 0 Å². The van der Waals surface area contributed by atoms with Gasteiger partial charge in [-0.3, -0.25) is 0 Å². The zero-order valence-corrected chi connectivity index (χ0v) is 8.92. The summed E-state index contributed by atoms with van der Waals surface area (Å²) in [5, 5.41) is 0. The first-order valence-electron chi connectivity index (χ1n) is 3.19. The van der Waals surface area contributed by atoms with E-state index in [9.17, 15) is 0 Å². The molecular weight excluding hydrogens is 238 g/mol. The molecule has 1 rings (SSSR count). The summed E-state index contributed by atoms with van der Waals surface area (Å²) in [5.74, 6) is 0. The molecule has 4 heteroatoms. The Morgan fingerprint density at radius 2 is 1.75 bits per heavy atom. The second kappa shape index (κ2) is 4.57. The third-order valence-corrected chi connectivity index (χ3v) is 2.31. The molecule has 0 N–H and O–H groups in total. The number of rotatable bonds is 2. The lowest BCUT2D eigenvalue weighted by atomic mass is 10.2. The number of hydrogen-bond donors (Lipinski definition) is 0. The van der Waals surface area contributed by atoms with Gasteiger partial charge in [-0.05, 0) is 23.3 Å². The van der Waals surface area contributed by atoms with Crippen molar-refractivity contribution >= 4 is 46.4 Å². The van der Waals surface area contributed by atoms with Crippen molar-refractivity contribution in [1.82, 2.24) is 0 Å². The van der Waals surface area contributed by atoms with E-state index < -0.39 is 9.67 Å². The topological polar surface area (TPSA) is 0 Å². The zero-order valence-electron chi connectivity index (χ0n) is 5.90. The van der Waals surface area contributed by atoms with Crippen molar-refractivity contribution in [3.05, 3.63) is 35.4 Å². The summed E-state index contributed by atoms with van der Waals surface area (Å²) in [4.78, 5) is -1.14. The molecule has 0 fully saturated rings. The van der Waals surface area contributed by atoms with E-state index in [1.807, 2.05) is 0 Å². The molecule has 1 aromatic rings. The van der Waals surface area contributed by atoms with Crippen molar-refractivity contribution in [2.75, 3.05) is 0 Å². The van der Waals surface area contributed by atoms with E-state index in [1.54, 1.807) is 18.2 Å². The van der Waals surface area contributed by atoms with Crippen LogP contribution < -0.4 is 0 Å². The Hall–Kier alpha value is 0.380. The lowest BCUT2D eigenvalue weighted by Gasteiger charge is -2.04. The normalized spacial score (nSPS) is 11.2. The standard InChI is InChI=1S/C8H5Cl4/c9-7(10)5-2-1-3-6(4-5)8(11)12/h1-2,4,7-8H. The van der Waals surface area contributed by atoms with E-state index in [0.717, 1.165) is 5.56 Å². The minimum Gasteiger partial charge on any atom is -0.100 e. The van der Waals surface area contributed by atoms with Gasteiger partial charge >= 0.3 is 0 Å². The van der Waals surface area contributed by atoms with Crippen LogP contribution in [0, 0.1) is 6.07 Å². The molecular formula is C8H5Cl4. The van der Waals surface area contributed by atoms with Crippen LogP contribution >= 0.6 is 46.4 Å². The van der Waals surface area contributed by atoms with Gasteiger partial charge in [0, 0.05) is 0 Å². The Bertz CT molecular complexity index is 234. The van der Waals surface area contributed by atoms with Gasteiger partial charge in [0.25, 0.3) is 0 Å². The van der Waals surface area contributed by atoms with Crippen LogP contribution in [-0.2, 0) is 0 Å². The van der Waals surface area contributed by atoms with Crippen LogP contribution in [0.1, 0.15) is 20.8 Å². The number of halogens is 4. The van der Waals surface area contributed by atoms with Crippen LogP contribution in [0.4, 0.5) is 0 Å². The van der Waals surface area contributed by atoms with E-state index in [2.05, 4.69) is 6.07 Å². The maximum Gasteiger partial charge on any atom is 0.133 e. The summed E-state index contributed by atoms with van der Waals surface area (Å²) < 4.78 is 0. The maximum absolute atomic E-state index is 5.65. The van der Waals surface area contributed by atoms with E-state index in [4.69, 9.17) is 46.4 Å². The first-order chi connectivity index (χ1) is 5.61. The summed E-state index contributed by atoms with van der Waals surface area (Å²) in [6.07, 6.45) is 0. The average molecular weight is 243 g/mol. The van der Waals surface area contributed by atoms with Gasteiger partial charge in [-0.1, -0.05) is 12.1 Å². The summed E-state index contributed by atoms with van der Waals surface area (Å²) in [6, 6.07) is 8.08. The van der Waals surface area contributed by atoms with Gasteiger partial charge in [0.1, 0.15) is 9.67 Å². The van der Waals surface area contributed by atoms with Gasteiger partial charge in [-0.15, -0.1) is 46.4 Å². The second-order valence-corrected chi connectivity index (χ2v) is 4.37. The highest BCUT2D eigenvalue weighted by Crippen LogP contribution is 2.29. The van der Waals surface area contributed by atoms with Crippen LogP contribution in [0.25, 0.3) is 0 Å². The number of benzene rings is 1. The highest BCUT2D eigenvalue weighted by Gasteiger charge is 2.07. The van der Waals surface area contributed by atoms with Crippen LogP contribution in [0.2, 0.25) is 0 Å². The Morgan fingerprint density at radius 3 is 2.25 bits per heavy atom. The molecule has 0 aromatic heterocycles. The van der Waals surface area contributed by atoms with Crippen molar-refractivity contribution < 1.29 is 0 Å². The van der Waals surface area contributed by atoms with Gasteiger partial charge in [-0.25, -0.2) is 0 Å². The summed E-state index contributed by atoms with van der Waals surface area (Å²) in [5.41, 5.74) is 1.46. The summed E-state index contributed by atoms with van der Waals surface area (Å²) in [7, 11) is 0. The van der Waals surface area contributed by atoms with Crippen LogP contribution in [-0.4, -0.2) is 0 Å². The highest BCUT2D eigenvalue weighted by atomic mass is 35.5. The van der Waals surface area contributed by atoms with E-state index in [0.29, 0.717) is 5.56 Å². The molecule has 0 saturated heterocycles. The number of hydrogen-bond acceptors (Lipinski definition) is 0. The quantitative estimate of drug-likeness (QED) is 0.673. The number of alkyl halides is 4. The summed E-state index contributed by atoms with van der Waals surface area (Å²) >= 11 is 22.5. The molecule has 0 saturated carbocycles. The molecule has 1 aromatic carbocycles. The molecule has 0 heterocycles. The molecule has 0 nitrogen and oxygen atoms in total. The van der Waals surface area contributed by atoms with E-state index >= 15 is 0 Å². The third-order valence-electron chi connectivity index (χ3n) is 1.34. The molecule has 0 unspecified atom stereocenters. The smallest absolute Gasteiger partial charge is 0.100 e. The maximum atomic E-state index is 5.65. The van der Waals surface area contributed by atoms with Crippen LogP contribution in [0.5, 0.6) is 0 Å². The highest BCUT2D eigenvalue weighted by molar-refractivity contribution is 6.44. The molecule has 0 aliphatic heterocycles.